The van der Waals surface area contributed by atoms with E-state index in [4.69, 9.17) is 9.52 Å². The first-order valence-electron chi connectivity index (χ1n) is 6.26. The Hall–Kier alpha value is -1.85. The van der Waals surface area contributed by atoms with E-state index in [9.17, 15) is 9.59 Å². The molecule has 0 aliphatic rings. The van der Waals surface area contributed by atoms with Gasteiger partial charge in [0.25, 0.3) is 5.91 Å². The Bertz CT molecular complexity index is 465. The molecule has 0 aliphatic carbocycles. The molecule has 0 unspecified atom stereocenters. The first-order valence-corrected chi connectivity index (χ1v) is 6.26. The van der Waals surface area contributed by atoms with E-state index in [0.29, 0.717) is 18.1 Å². The molecule has 0 bridgehead atoms. The molecule has 0 atom stereocenters. The molecule has 0 fully saturated rings. The van der Waals surface area contributed by atoms with Gasteiger partial charge in [0.1, 0.15) is 0 Å². The van der Waals surface area contributed by atoms with Gasteiger partial charge in [-0.25, -0.2) is 4.98 Å². The first kappa shape index (κ1) is 15.2. The number of aryl methyl sites for hydroxylation is 2. The van der Waals surface area contributed by atoms with Gasteiger partial charge in [0.15, 0.2) is 5.89 Å². The number of hydrogen-bond acceptors (Lipinski definition) is 4. The molecule has 6 nitrogen and oxygen atoms in total. The van der Waals surface area contributed by atoms with Gasteiger partial charge in [0.2, 0.25) is 5.76 Å². The Kier molecular flexibility index (Phi) is 5.09. The summed E-state index contributed by atoms with van der Waals surface area (Å²) in [6.07, 6.45) is -0.0787. The van der Waals surface area contributed by atoms with Crippen molar-refractivity contribution in [3.8, 4) is 0 Å². The molecule has 1 heterocycles. The Balaban J connectivity index is 2.86. The Morgan fingerprint density at radius 1 is 1.37 bits per heavy atom. The Labute approximate surface area is 112 Å². The number of nitrogens with zero attached hydrogens (tertiary/aromatic N) is 2. The summed E-state index contributed by atoms with van der Waals surface area (Å²) < 4.78 is 5.30. The lowest BCUT2D eigenvalue weighted by Gasteiger charge is -2.23. The number of amides is 1. The molecule has 19 heavy (non-hydrogen) atoms. The van der Waals surface area contributed by atoms with Crippen molar-refractivity contribution in [2.75, 3.05) is 13.1 Å². The van der Waals surface area contributed by atoms with Crippen LogP contribution in [0.25, 0.3) is 0 Å². The van der Waals surface area contributed by atoms with Crippen molar-refractivity contribution < 1.29 is 19.1 Å². The SMILES string of the molecule is Cc1nc(C)c(C(=O)N(CCC(=O)O)CC(C)C)o1. The summed E-state index contributed by atoms with van der Waals surface area (Å²) in [6.45, 7) is 7.98. The number of carboxylic acid groups (broad SMARTS) is 1. The predicted octanol–water partition coefficient (Wildman–Crippen LogP) is 1.86. The van der Waals surface area contributed by atoms with Crippen LogP contribution in [0.5, 0.6) is 0 Å². The number of carbonyl (C=O) groups is 2. The standard InChI is InChI=1S/C13H20N2O4/c1-8(2)7-15(6-5-11(16)17)13(18)12-9(3)14-10(4)19-12/h8H,5-7H2,1-4H3,(H,16,17). The number of hydrogen-bond donors (Lipinski definition) is 1. The molecule has 1 aromatic rings. The van der Waals surface area contributed by atoms with Crippen molar-refractivity contribution >= 4 is 11.9 Å². The van der Waals surface area contributed by atoms with Crippen LogP contribution in [-0.4, -0.2) is 40.0 Å². The van der Waals surface area contributed by atoms with Crippen LogP contribution in [0, 0.1) is 19.8 Å². The zero-order valence-corrected chi connectivity index (χ0v) is 11.8. The molecule has 0 aromatic carbocycles. The van der Waals surface area contributed by atoms with Crippen molar-refractivity contribution in [2.24, 2.45) is 5.92 Å². The van der Waals surface area contributed by atoms with E-state index in [0.717, 1.165) is 0 Å². The number of aromatic nitrogens is 1. The molecule has 0 saturated heterocycles. The van der Waals surface area contributed by atoms with E-state index < -0.39 is 5.97 Å². The number of rotatable bonds is 6. The fraction of sp³-hybridized carbons (Fsp3) is 0.615. The molecule has 0 aliphatic heterocycles. The maximum Gasteiger partial charge on any atom is 0.305 e. The van der Waals surface area contributed by atoms with Crippen molar-refractivity contribution in [2.45, 2.75) is 34.1 Å². The zero-order chi connectivity index (χ0) is 14.6. The van der Waals surface area contributed by atoms with Gasteiger partial charge in [-0.15, -0.1) is 0 Å². The van der Waals surface area contributed by atoms with Crippen LogP contribution in [0.15, 0.2) is 4.42 Å². The lowest BCUT2D eigenvalue weighted by atomic mass is 10.2. The number of oxazole rings is 1. The highest BCUT2D eigenvalue weighted by atomic mass is 16.4. The highest BCUT2D eigenvalue weighted by molar-refractivity contribution is 5.92. The van der Waals surface area contributed by atoms with Crippen LogP contribution >= 0.6 is 0 Å². The molecular weight excluding hydrogens is 248 g/mol. The normalized spacial score (nSPS) is 10.8. The second kappa shape index (κ2) is 6.36. The van der Waals surface area contributed by atoms with Crippen LogP contribution in [0.3, 0.4) is 0 Å². The fourth-order valence-electron chi connectivity index (χ4n) is 1.82. The average Bonchev–Trinajstić information content (AvgIpc) is 2.62. The minimum atomic E-state index is -0.924. The van der Waals surface area contributed by atoms with E-state index in [1.54, 1.807) is 13.8 Å². The second-order valence-electron chi connectivity index (χ2n) is 4.94. The minimum absolute atomic E-state index is 0.0787. The summed E-state index contributed by atoms with van der Waals surface area (Å²) in [6, 6.07) is 0. The van der Waals surface area contributed by atoms with E-state index >= 15 is 0 Å². The maximum absolute atomic E-state index is 12.3. The predicted molar refractivity (Wildman–Crippen MR) is 69.0 cm³/mol. The van der Waals surface area contributed by atoms with Crippen molar-refractivity contribution in [3.05, 3.63) is 17.3 Å². The average molecular weight is 268 g/mol. The monoisotopic (exact) mass is 268 g/mol. The van der Waals surface area contributed by atoms with Gasteiger partial charge < -0.3 is 14.4 Å². The van der Waals surface area contributed by atoms with Gasteiger partial charge in [-0.05, 0) is 12.8 Å². The van der Waals surface area contributed by atoms with Crippen molar-refractivity contribution in [1.29, 1.82) is 0 Å². The van der Waals surface area contributed by atoms with E-state index in [2.05, 4.69) is 4.98 Å². The quantitative estimate of drug-likeness (QED) is 0.851. The van der Waals surface area contributed by atoms with E-state index in [1.807, 2.05) is 13.8 Å². The van der Waals surface area contributed by atoms with E-state index in [1.165, 1.54) is 4.90 Å². The van der Waals surface area contributed by atoms with Crippen LogP contribution < -0.4 is 0 Å². The third-order valence-electron chi connectivity index (χ3n) is 2.57. The molecule has 1 amide bonds. The maximum atomic E-state index is 12.3. The molecule has 1 N–H and O–H groups in total. The molecule has 1 rings (SSSR count). The van der Waals surface area contributed by atoms with Crippen LogP contribution in [0.1, 0.15) is 42.4 Å². The van der Waals surface area contributed by atoms with Crippen LogP contribution in [-0.2, 0) is 4.79 Å². The topological polar surface area (TPSA) is 83.6 Å². The molecule has 0 radical (unpaired) electrons. The molecule has 0 spiro atoms. The number of carbonyl (C=O) groups excluding carboxylic acids is 1. The van der Waals surface area contributed by atoms with Gasteiger partial charge in [-0.3, -0.25) is 9.59 Å². The van der Waals surface area contributed by atoms with Gasteiger partial charge in [-0.1, -0.05) is 13.8 Å². The van der Waals surface area contributed by atoms with Gasteiger partial charge in [-0.2, -0.15) is 0 Å². The molecule has 6 heteroatoms. The lowest BCUT2D eigenvalue weighted by molar-refractivity contribution is -0.137. The van der Waals surface area contributed by atoms with Crippen LogP contribution in [0.2, 0.25) is 0 Å². The summed E-state index contributed by atoms with van der Waals surface area (Å²) >= 11 is 0. The second-order valence-corrected chi connectivity index (χ2v) is 4.94. The highest BCUT2D eigenvalue weighted by Gasteiger charge is 2.23. The summed E-state index contributed by atoms with van der Waals surface area (Å²) in [4.78, 5) is 28.5. The highest BCUT2D eigenvalue weighted by Crippen LogP contribution is 2.14. The minimum Gasteiger partial charge on any atom is -0.481 e. The van der Waals surface area contributed by atoms with Gasteiger partial charge >= 0.3 is 5.97 Å². The third-order valence-corrected chi connectivity index (χ3v) is 2.57. The smallest absolute Gasteiger partial charge is 0.305 e. The summed E-state index contributed by atoms with van der Waals surface area (Å²) in [5, 5.41) is 8.73. The Morgan fingerprint density at radius 3 is 2.42 bits per heavy atom. The van der Waals surface area contributed by atoms with Gasteiger partial charge in [0, 0.05) is 20.0 Å². The van der Waals surface area contributed by atoms with Crippen LogP contribution in [0.4, 0.5) is 0 Å². The zero-order valence-electron chi connectivity index (χ0n) is 11.8. The summed E-state index contributed by atoms with van der Waals surface area (Å²) in [5.41, 5.74) is 0.534. The largest absolute Gasteiger partial charge is 0.481 e. The first-order chi connectivity index (χ1) is 8.81. The number of aliphatic carboxylic acids is 1. The van der Waals surface area contributed by atoms with Crippen molar-refractivity contribution in [1.82, 2.24) is 9.88 Å². The number of carboxylic acids is 1. The Morgan fingerprint density at radius 2 is 2.00 bits per heavy atom. The molecule has 106 valence electrons. The van der Waals surface area contributed by atoms with E-state index in [-0.39, 0.29) is 30.6 Å². The van der Waals surface area contributed by atoms with Gasteiger partial charge in [0.05, 0.1) is 12.1 Å². The summed E-state index contributed by atoms with van der Waals surface area (Å²) in [7, 11) is 0. The van der Waals surface area contributed by atoms with Crippen molar-refractivity contribution in [3.63, 3.8) is 0 Å². The fourth-order valence-corrected chi connectivity index (χ4v) is 1.82. The lowest BCUT2D eigenvalue weighted by Crippen LogP contribution is -2.36. The molecule has 1 aromatic heterocycles. The molecular formula is C13H20N2O4. The molecule has 0 saturated carbocycles. The summed E-state index contributed by atoms with van der Waals surface area (Å²) in [5.74, 6) is -0.339. The third kappa shape index (κ3) is 4.39.